The van der Waals surface area contributed by atoms with Crippen LogP contribution in [0.2, 0.25) is 0 Å². The Labute approximate surface area is 115 Å². The largest absolute Gasteiger partial charge is 0.377 e. The molecule has 0 spiro atoms. The SMILES string of the molecule is COC(C)(C)CNC(=O)C(N)CCc1ccccc1. The summed E-state index contributed by atoms with van der Waals surface area (Å²) in [6, 6.07) is 9.55. The zero-order chi connectivity index (χ0) is 14.3. The molecule has 1 aromatic rings. The Morgan fingerprint density at radius 3 is 2.58 bits per heavy atom. The Bertz CT molecular complexity index is 390. The molecule has 0 aliphatic carbocycles. The minimum atomic E-state index is -0.479. The Balaban J connectivity index is 2.33. The van der Waals surface area contributed by atoms with E-state index >= 15 is 0 Å². The number of benzene rings is 1. The number of methoxy groups -OCH3 is 1. The molecule has 1 aromatic carbocycles. The van der Waals surface area contributed by atoms with Gasteiger partial charge in [-0.1, -0.05) is 30.3 Å². The number of hydrogen-bond donors (Lipinski definition) is 2. The number of carbonyl (C=O) groups is 1. The Kier molecular flexibility index (Phi) is 5.99. The van der Waals surface area contributed by atoms with Crippen LogP contribution in [0.3, 0.4) is 0 Å². The second kappa shape index (κ2) is 7.26. The van der Waals surface area contributed by atoms with Crippen molar-refractivity contribution in [1.29, 1.82) is 0 Å². The van der Waals surface area contributed by atoms with Gasteiger partial charge in [0.1, 0.15) is 0 Å². The van der Waals surface area contributed by atoms with Gasteiger partial charge in [0.2, 0.25) is 5.91 Å². The van der Waals surface area contributed by atoms with Crippen LogP contribution in [-0.2, 0) is 16.0 Å². The minimum absolute atomic E-state index is 0.124. The number of nitrogens with two attached hydrogens (primary N) is 1. The van der Waals surface area contributed by atoms with Crippen LogP contribution < -0.4 is 11.1 Å². The highest BCUT2D eigenvalue weighted by atomic mass is 16.5. The third-order valence-electron chi connectivity index (χ3n) is 3.16. The number of hydrogen-bond acceptors (Lipinski definition) is 3. The fourth-order valence-electron chi connectivity index (χ4n) is 1.60. The lowest BCUT2D eigenvalue weighted by molar-refractivity contribution is -0.123. The van der Waals surface area contributed by atoms with E-state index in [1.807, 2.05) is 44.2 Å². The van der Waals surface area contributed by atoms with Crippen molar-refractivity contribution < 1.29 is 9.53 Å². The quantitative estimate of drug-likeness (QED) is 0.784. The highest BCUT2D eigenvalue weighted by Crippen LogP contribution is 2.06. The Hall–Kier alpha value is -1.39. The standard InChI is InChI=1S/C15H24N2O2/c1-15(2,19-3)11-17-14(18)13(16)10-9-12-7-5-4-6-8-12/h4-8,13H,9-11,16H2,1-3H3,(H,17,18). The molecule has 4 nitrogen and oxygen atoms in total. The van der Waals surface area contributed by atoms with Crippen LogP contribution in [0.5, 0.6) is 0 Å². The molecule has 1 unspecified atom stereocenters. The van der Waals surface area contributed by atoms with E-state index in [1.54, 1.807) is 7.11 Å². The molecule has 0 aliphatic rings. The van der Waals surface area contributed by atoms with Gasteiger partial charge in [0.25, 0.3) is 0 Å². The number of rotatable bonds is 7. The highest BCUT2D eigenvalue weighted by Gasteiger charge is 2.20. The van der Waals surface area contributed by atoms with Crippen molar-refractivity contribution in [2.24, 2.45) is 5.73 Å². The Morgan fingerprint density at radius 1 is 1.37 bits per heavy atom. The third kappa shape index (κ3) is 5.85. The molecular weight excluding hydrogens is 240 g/mol. The molecule has 4 heteroatoms. The van der Waals surface area contributed by atoms with Crippen LogP contribution in [0.15, 0.2) is 30.3 Å². The van der Waals surface area contributed by atoms with Crippen LogP contribution in [0.1, 0.15) is 25.8 Å². The normalized spacial score (nSPS) is 13.1. The van der Waals surface area contributed by atoms with Crippen molar-refractivity contribution in [1.82, 2.24) is 5.32 Å². The summed E-state index contributed by atoms with van der Waals surface area (Å²) in [5, 5.41) is 2.82. The minimum Gasteiger partial charge on any atom is -0.377 e. The van der Waals surface area contributed by atoms with Gasteiger partial charge < -0.3 is 15.8 Å². The van der Waals surface area contributed by atoms with Crippen molar-refractivity contribution in [2.45, 2.75) is 38.3 Å². The Morgan fingerprint density at radius 2 is 2.00 bits per heavy atom. The summed E-state index contributed by atoms with van der Waals surface area (Å²) in [5.74, 6) is -0.124. The van der Waals surface area contributed by atoms with Gasteiger partial charge in [-0.15, -0.1) is 0 Å². The second-order valence-corrected chi connectivity index (χ2v) is 5.31. The highest BCUT2D eigenvalue weighted by molar-refractivity contribution is 5.81. The maximum Gasteiger partial charge on any atom is 0.237 e. The van der Waals surface area contributed by atoms with Crippen molar-refractivity contribution in [3.63, 3.8) is 0 Å². The lowest BCUT2D eigenvalue weighted by Crippen LogP contribution is -2.46. The topological polar surface area (TPSA) is 64.3 Å². The summed E-state index contributed by atoms with van der Waals surface area (Å²) in [4.78, 5) is 11.8. The van der Waals surface area contributed by atoms with Crippen LogP contribution in [0.25, 0.3) is 0 Å². The third-order valence-corrected chi connectivity index (χ3v) is 3.16. The molecule has 106 valence electrons. The average Bonchev–Trinajstić information content (AvgIpc) is 2.43. The maximum absolute atomic E-state index is 11.8. The van der Waals surface area contributed by atoms with Gasteiger partial charge in [-0.25, -0.2) is 0 Å². The smallest absolute Gasteiger partial charge is 0.237 e. The van der Waals surface area contributed by atoms with Gasteiger partial charge in [0, 0.05) is 13.7 Å². The molecule has 0 fully saturated rings. The van der Waals surface area contributed by atoms with Gasteiger partial charge in [-0.3, -0.25) is 4.79 Å². The molecule has 0 saturated heterocycles. The predicted octanol–water partition coefficient (Wildman–Crippen LogP) is 1.49. The average molecular weight is 264 g/mol. The van der Waals surface area contributed by atoms with Crippen molar-refractivity contribution >= 4 is 5.91 Å². The molecule has 0 saturated carbocycles. The molecular formula is C15H24N2O2. The first-order chi connectivity index (χ1) is 8.94. The molecule has 0 radical (unpaired) electrons. The zero-order valence-electron chi connectivity index (χ0n) is 12.0. The fraction of sp³-hybridized carbons (Fsp3) is 0.533. The van der Waals surface area contributed by atoms with E-state index in [0.717, 1.165) is 6.42 Å². The van der Waals surface area contributed by atoms with E-state index in [1.165, 1.54) is 5.56 Å². The molecule has 1 atom stereocenters. The van der Waals surface area contributed by atoms with Gasteiger partial charge in [0.15, 0.2) is 0 Å². The van der Waals surface area contributed by atoms with Crippen LogP contribution in [-0.4, -0.2) is 31.2 Å². The molecule has 0 bridgehead atoms. The van der Waals surface area contributed by atoms with E-state index in [-0.39, 0.29) is 11.5 Å². The second-order valence-electron chi connectivity index (χ2n) is 5.31. The van der Waals surface area contributed by atoms with Crippen LogP contribution >= 0.6 is 0 Å². The summed E-state index contributed by atoms with van der Waals surface area (Å²) in [5.41, 5.74) is 6.71. The predicted molar refractivity (Wildman–Crippen MR) is 76.8 cm³/mol. The van der Waals surface area contributed by atoms with E-state index in [0.29, 0.717) is 13.0 Å². The van der Waals surface area contributed by atoms with E-state index in [9.17, 15) is 4.79 Å². The van der Waals surface area contributed by atoms with Gasteiger partial charge in [0.05, 0.1) is 11.6 Å². The number of aryl methyl sites for hydroxylation is 1. The molecule has 0 heterocycles. The molecule has 19 heavy (non-hydrogen) atoms. The molecule has 0 aromatic heterocycles. The van der Waals surface area contributed by atoms with Crippen molar-refractivity contribution in [3.8, 4) is 0 Å². The molecule has 3 N–H and O–H groups in total. The number of nitrogens with one attached hydrogen (secondary N) is 1. The lowest BCUT2D eigenvalue weighted by atomic mass is 10.0. The summed E-state index contributed by atoms with van der Waals surface area (Å²) in [6.07, 6.45) is 1.45. The van der Waals surface area contributed by atoms with E-state index in [4.69, 9.17) is 10.5 Å². The maximum atomic E-state index is 11.8. The van der Waals surface area contributed by atoms with Gasteiger partial charge in [-0.2, -0.15) is 0 Å². The first kappa shape index (κ1) is 15.7. The van der Waals surface area contributed by atoms with Gasteiger partial charge in [-0.05, 0) is 32.3 Å². The molecule has 0 aliphatic heterocycles. The summed E-state index contributed by atoms with van der Waals surface area (Å²) in [7, 11) is 1.63. The van der Waals surface area contributed by atoms with Crippen molar-refractivity contribution in [2.75, 3.05) is 13.7 Å². The first-order valence-electron chi connectivity index (χ1n) is 6.57. The number of carbonyl (C=O) groups excluding carboxylic acids is 1. The van der Waals surface area contributed by atoms with Crippen LogP contribution in [0, 0.1) is 0 Å². The van der Waals surface area contributed by atoms with Gasteiger partial charge >= 0.3 is 0 Å². The van der Waals surface area contributed by atoms with Crippen molar-refractivity contribution in [3.05, 3.63) is 35.9 Å². The summed E-state index contributed by atoms with van der Waals surface area (Å²) < 4.78 is 5.24. The number of amides is 1. The zero-order valence-corrected chi connectivity index (χ0v) is 12.0. The summed E-state index contributed by atoms with van der Waals surface area (Å²) >= 11 is 0. The monoisotopic (exact) mass is 264 g/mol. The number of ether oxygens (including phenoxy) is 1. The molecule has 1 amide bonds. The lowest BCUT2D eigenvalue weighted by Gasteiger charge is -2.24. The van der Waals surface area contributed by atoms with Crippen LogP contribution in [0.4, 0.5) is 0 Å². The first-order valence-corrected chi connectivity index (χ1v) is 6.57. The molecule has 1 rings (SSSR count). The fourth-order valence-corrected chi connectivity index (χ4v) is 1.60. The van der Waals surface area contributed by atoms with E-state index < -0.39 is 6.04 Å². The van der Waals surface area contributed by atoms with E-state index in [2.05, 4.69) is 5.32 Å². The summed E-state index contributed by atoms with van der Waals surface area (Å²) in [6.45, 7) is 4.30.